The Balaban J connectivity index is 2.35. The Morgan fingerprint density at radius 1 is 1.44 bits per heavy atom. The standard InChI is InChI=1S/C9H11N5O2S2/c1-2-10-7-4-3-5-11-8(7)18(15,16)14-9-13-12-6-17-9/h3-6,10H,2H2,1H3,(H,13,14). The maximum atomic E-state index is 12.1. The van der Waals surface area contributed by atoms with Crippen molar-refractivity contribution in [3.05, 3.63) is 23.8 Å². The van der Waals surface area contributed by atoms with Gasteiger partial charge < -0.3 is 5.32 Å². The van der Waals surface area contributed by atoms with E-state index in [9.17, 15) is 8.42 Å². The summed E-state index contributed by atoms with van der Waals surface area (Å²) >= 11 is 1.10. The van der Waals surface area contributed by atoms with Crippen molar-refractivity contribution in [3.8, 4) is 0 Å². The Labute approximate surface area is 108 Å². The second kappa shape index (κ2) is 5.27. The molecule has 0 bridgehead atoms. The molecular weight excluding hydrogens is 274 g/mol. The highest BCUT2D eigenvalue weighted by Crippen LogP contribution is 2.21. The number of hydrogen-bond donors (Lipinski definition) is 2. The van der Waals surface area contributed by atoms with Crippen molar-refractivity contribution in [2.75, 3.05) is 16.6 Å². The van der Waals surface area contributed by atoms with E-state index in [0.717, 1.165) is 11.3 Å². The number of aromatic nitrogens is 3. The fourth-order valence-corrected chi connectivity index (χ4v) is 3.12. The predicted octanol–water partition coefficient (Wildman–Crippen LogP) is 1.17. The topological polar surface area (TPSA) is 96.9 Å². The van der Waals surface area contributed by atoms with Crippen LogP contribution >= 0.6 is 11.3 Å². The van der Waals surface area contributed by atoms with Gasteiger partial charge in [0.15, 0.2) is 5.03 Å². The van der Waals surface area contributed by atoms with Crippen molar-refractivity contribution in [2.45, 2.75) is 11.9 Å². The third kappa shape index (κ3) is 2.74. The van der Waals surface area contributed by atoms with E-state index in [4.69, 9.17) is 0 Å². The third-order valence-corrected chi connectivity index (χ3v) is 4.01. The molecule has 2 aromatic heterocycles. The Bertz CT molecular complexity index is 612. The molecule has 0 radical (unpaired) electrons. The summed E-state index contributed by atoms with van der Waals surface area (Å²) in [5.74, 6) is 0. The molecule has 0 aromatic carbocycles. The normalized spacial score (nSPS) is 11.2. The number of pyridine rings is 1. The van der Waals surface area contributed by atoms with Gasteiger partial charge in [-0.3, -0.25) is 4.72 Å². The van der Waals surface area contributed by atoms with Crippen LogP contribution in [0.2, 0.25) is 0 Å². The molecule has 7 nitrogen and oxygen atoms in total. The number of nitrogens with zero attached hydrogens (tertiary/aromatic N) is 3. The second-order valence-corrected chi connectivity index (χ2v) is 5.67. The van der Waals surface area contributed by atoms with Gasteiger partial charge in [-0.2, -0.15) is 8.42 Å². The van der Waals surface area contributed by atoms with Crippen LogP contribution in [0.15, 0.2) is 28.9 Å². The molecule has 2 N–H and O–H groups in total. The number of hydrogen-bond acceptors (Lipinski definition) is 7. The minimum atomic E-state index is -3.75. The highest BCUT2D eigenvalue weighted by molar-refractivity contribution is 7.93. The Hall–Kier alpha value is -1.74. The lowest BCUT2D eigenvalue weighted by Gasteiger charge is -2.09. The first-order valence-electron chi connectivity index (χ1n) is 5.11. The molecule has 0 aliphatic rings. The van der Waals surface area contributed by atoms with Crippen LogP contribution in [0, 0.1) is 0 Å². The number of nitrogens with one attached hydrogen (secondary N) is 2. The van der Waals surface area contributed by atoms with Gasteiger partial charge in [-0.1, -0.05) is 11.3 Å². The van der Waals surface area contributed by atoms with Crippen LogP contribution in [0.25, 0.3) is 0 Å². The van der Waals surface area contributed by atoms with Gasteiger partial charge >= 0.3 is 0 Å². The van der Waals surface area contributed by atoms with Crippen molar-refractivity contribution in [1.82, 2.24) is 15.2 Å². The van der Waals surface area contributed by atoms with Crippen LogP contribution in [0.5, 0.6) is 0 Å². The van der Waals surface area contributed by atoms with Crippen LogP contribution in [-0.2, 0) is 10.0 Å². The molecule has 0 aliphatic carbocycles. The smallest absolute Gasteiger partial charge is 0.283 e. The molecule has 0 unspecified atom stereocenters. The van der Waals surface area contributed by atoms with E-state index in [1.165, 1.54) is 11.7 Å². The van der Waals surface area contributed by atoms with Crippen LogP contribution < -0.4 is 10.0 Å². The van der Waals surface area contributed by atoms with Gasteiger partial charge in [0.25, 0.3) is 10.0 Å². The van der Waals surface area contributed by atoms with E-state index >= 15 is 0 Å². The molecule has 9 heteroatoms. The Morgan fingerprint density at radius 2 is 2.28 bits per heavy atom. The highest BCUT2D eigenvalue weighted by atomic mass is 32.2. The van der Waals surface area contributed by atoms with Crippen molar-refractivity contribution in [3.63, 3.8) is 0 Å². The quantitative estimate of drug-likeness (QED) is 0.855. The molecule has 0 atom stereocenters. The van der Waals surface area contributed by atoms with Gasteiger partial charge in [-0.25, -0.2) is 4.98 Å². The van der Waals surface area contributed by atoms with Crippen LogP contribution in [-0.4, -0.2) is 30.1 Å². The largest absolute Gasteiger partial charge is 0.383 e. The van der Waals surface area contributed by atoms with Gasteiger partial charge in [0.05, 0.1) is 5.69 Å². The molecule has 2 heterocycles. The summed E-state index contributed by atoms with van der Waals surface area (Å²) in [4.78, 5) is 3.89. The van der Waals surface area contributed by atoms with Crippen molar-refractivity contribution in [1.29, 1.82) is 0 Å². The molecule has 2 aromatic rings. The fourth-order valence-electron chi connectivity index (χ4n) is 1.31. The Kier molecular flexibility index (Phi) is 3.72. The fraction of sp³-hybridized carbons (Fsp3) is 0.222. The zero-order valence-corrected chi connectivity index (χ0v) is 11.1. The zero-order chi connectivity index (χ0) is 13.0. The lowest BCUT2D eigenvalue weighted by molar-refractivity contribution is 0.598. The van der Waals surface area contributed by atoms with Crippen molar-refractivity contribution in [2.24, 2.45) is 0 Å². The van der Waals surface area contributed by atoms with Crippen LogP contribution in [0.3, 0.4) is 0 Å². The van der Waals surface area contributed by atoms with Gasteiger partial charge in [0.1, 0.15) is 5.51 Å². The second-order valence-electron chi connectivity index (χ2n) is 3.24. The van der Waals surface area contributed by atoms with E-state index in [1.54, 1.807) is 12.1 Å². The lowest BCUT2D eigenvalue weighted by atomic mass is 10.4. The van der Waals surface area contributed by atoms with E-state index in [0.29, 0.717) is 12.2 Å². The van der Waals surface area contributed by atoms with E-state index < -0.39 is 10.0 Å². The van der Waals surface area contributed by atoms with Gasteiger partial charge in [0.2, 0.25) is 5.13 Å². The van der Waals surface area contributed by atoms with Crippen LogP contribution in [0.4, 0.5) is 10.8 Å². The van der Waals surface area contributed by atoms with Gasteiger partial charge in [-0.15, -0.1) is 10.2 Å². The monoisotopic (exact) mass is 285 g/mol. The third-order valence-electron chi connectivity index (χ3n) is 1.97. The summed E-state index contributed by atoms with van der Waals surface area (Å²) < 4.78 is 26.6. The van der Waals surface area contributed by atoms with E-state index in [2.05, 4.69) is 25.2 Å². The average molecular weight is 285 g/mol. The van der Waals surface area contributed by atoms with E-state index in [1.807, 2.05) is 6.92 Å². The summed E-state index contributed by atoms with van der Waals surface area (Å²) in [7, 11) is -3.75. The maximum absolute atomic E-state index is 12.1. The van der Waals surface area contributed by atoms with Crippen molar-refractivity contribution >= 4 is 32.2 Å². The molecule has 0 spiro atoms. The zero-order valence-electron chi connectivity index (χ0n) is 9.49. The molecule has 0 fully saturated rings. The minimum Gasteiger partial charge on any atom is -0.383 e. The minimum absolute atomic E-state index is 0.0537. The summed E-state index contributed by atoms with van der Waals surface area (Å²) in [6.45, 7) is 2.48. The molecule has 0 saturated heterocycles. The molecule has 0 amide bonds. The van der Waals surface area contributed by atoms with Crippen molar-refractivity contribution < 1.29 is 8.42 Å². The first kappa shape index (κ1) is 12.7. The SMILES string of the molecule is CCNc1cccnc1S(=O)(=O)Nc1nncs1. The van der Waals surface area contributed by atoms with Gasteiger partial charge in [-0.05, 0) is 19.1 Å². The summed E-state index contributed by atoms with van der Waals surface area (Å²) in [5, 5.41) is 10.3. The number of sulfonamides is 1. The lowest BCUT2D eigenvalue weighted by Crippen LogP contribution is -2.16. The van der Waals surface area contributed by atoms with Gasteiger partial charge in [0, 0.05) is 12.7 Å². The highest BCUT2D eigenvalue weighted by Gasteiger charge is 2.21. The molecule has 18 heavy (non-hydrogen) atoms. The molecule has 96 valence electrons. The predicted molar refractivity (Wildman–Crippen MR) is 69.1 cm³/mol. The molecule has 2 rings (SSSR count). The summed E-state index contributed by atoms with van der Waals surface area (Å²) in [5.41, 5.74) is 1.90. The van der Waals surface area contributed by atoms with Crippen LogP contribution in [0.1, 0.15) is 6.92 Å². The van der Waals surface area contributed by atoms with E-state index in [-0.39, 0.29) is 10.2 Å². The molecular formula is C9H11N5O2S2. The first-order valence-corrected chi connectivity index (χ1v) is 7.47. The number of anilines is 2. The first-order chi connectivity index (χ1) is 8.63. The molecule has 0 saturated carbocycles. The average Bonchev–Trinajstić information content (AvgIpc) is 2.82. The summed E-state index contributed by atoms with van der Waals surface area (Å²) in [6, 6.07) is 3.33. The number of rotatable bonds is 5. The maximum Gasteiger partial charge on any atom is 0.283 e. The molecule has 0 aliphatic heterocycles. The Morgan fingerprint density at radius 3 is 2.94 bits per heavy atom. The summed E-state index contributed by atoms with van der Waals surface area (Å²) in [6.07, 6.45) is 1.43.